The Kier molecular flexibility index (Phi) is 25.1. The third-order valence-corrected chi connectivity index (χ3v) is 23.3. The Morgan fingerprint density at radius 2 is 1.11 bits per heavy atom. The molecular formula is C71H89F3N16O8S3Si2. The smallest absolute Gasteiger partial charge is 0.419 e. The normalized spacial score (nSPS) is 16.6. The van der Waals surface area contributed by atoms with Gasteiger partial charge in [-0.2, -0.15) is 13.2 Å². The van der Waals surface area contributed by atoms with Crippen molar-refractivity contribution in [3.63, 3.8) is 0 Å². The van der Waals surface area contributed by atoms with Crippen molar-refractivity contribution in [3.8, 4) is 43.9 Å². The van der Waals surface area contributed by atoms with Crippen LogP contribution in [0.25, 0.3) is 66.0 Å². The molecule has 10 heterocycles. The number of ether oxygens (including phenoxy) is 4. The number of amides is 2. The zero-order chi connectivity index (χ0) is 74.0. The molecule has 4 atom stereocenters. The van der Waals surface area contributed by atoms with Crippen LogP contribution < -0.4 is 11.1 Å². The van der Waals surface area contributed by atoms with Crippen molar-refractivity contribution in [1.82, 2.24) is 69.2 Å². The predicted molar refractivity (Wildman–Crippen MR) is 399 cm³/mol. The lowest BCUT2D eigenvalue weighted by Gasteiger charge is -2.37. The van der Waals surface area contributed by atoms with Gasteiger partial charge in [0, 0.05) is 120 Å². The molecule has 8 aromatic heterocycles. The van der Waals surface area contributed by atoms with E-state index in [1.807, 2.05) is 93.7 Å². The molecule has 0 spiro atoms. The van der Waals surface area contributed by atoms with E-state index < -0.39 is 48.6 Å². The second-order valence-corrected chi connectivity index (χ2v) is 43.9. The summed E-state index contributed by atoms with van der Waals surface area (Å²) in [6.07, 6.45) is 4.99. The van der Waals surface area contributed by atoms with E-state index in [9.17, 15) is 31.2 Å². The molecule has 103 heavy (non-hydrogen) atoms. The number of anilines is 1. The van der Waals surface area contributed by atoms with Crippen LogP contribution in [-0.4, -0.2) is 163 Å². The molecule has 0 aliphatic carbocycles. The Morgan fingerprint density at radius 3 is 1.57 bits per heavy atom. The number of aryl methyl sites for hydroxylation is 3. The highest BCUT2D eigenvalue weighted by molar-refractivity contribution is 7.90. The lowest BCUT2D eigenvalue weighted by Crippen LogP contribution is -2.50. The Hall–Kier alpha value is -8.51. The van der Waals surface area contributed by atoms with Crippen LogP contribution in [0.4, 0.5) is 28.7 Å². The van der Waals surface area contributed by atoms with Crippen molar-refractivity contribution < 1.29 is 50.1 Å². The van der Waals surface area contributed by atoms with Gasteiger partial charge in [0.15, 0.2) is 10.0 Å². The number of pyridine rings is 2. The number of fused-ring (bicyclic) bond motifs is 2. The van der Waals surface area contributed by atoms with Crippen LogP contribution in [0.3, 0.4) is 0 Å². The van der Waals surface area contributed by atoms with Crippen LogP contribution in [0.15, 0.2) is 115 Å². The second-order valence-electron chi connectivity index (χ2n) is 28.4. The maximum Gasteiger partial charge on any atom is 0.419 e. The summed E-state index contributed by atoms with van der Waals surface area (Å²) in [5, 5.41) is 23.8. The minimum absolute atomic E-state index is 0.0123. The van der Waals surface area contributed by atoms with E-state index in [0.717, 1.165) is 104 Å². The summed E-state index contributed by atoms with van der Waals surface area (Å²) in [5.41, 5.74) is 11.4. The zero-order valence-corrected chi connectivity index (χ0v) is 64.5. The first-order valence-corrected chi connectivity index (χ1v) is 45.0. The van der Waals surface area contributed by atoms with Crippen LogP contribution in [0.2, 0.25) is 51.4 Å². The van der Waals surface area contributed by atoms with Crippen molar-refractivity contribution in [3.05, 3.63) is 142 Å². The number of sulfone groups is 1. The molecule has 32 heteroatoms. The SMILES string of the molecule is C[C@@H]1CC[C@@H](N)CN1C(=O)OCc1ccccc1.Cc1nnc(-c2ccc3c(-c4nc(N[C@@H]5CC[C@@H](C)N(C(=O)OCc6ccccc6)C5)ncc4C)cn(COCC[Si](C)(C)C)c3n2)s1.Cc1nnc(-c2ccc3c(-c4nc(S(C)(=O)=O)ncc4C(F)(F)F)cn(COCC[Si](C)(C)C)c3n2)s1. The summed E-state index contributed by atoms with van der Waals surface area (Å²) in [7, 11) is -6.55. The van der Waals surface area contributed by atoms with Gasteiger partial charge in [0.2, 0.25) is 20.9 Å². The minimum atomic E-state index is -4.81. The van der Waals surface area contributed by atoms with E-state index in [2.05, 4.69) is 109 Å². The first kappa shape index (κ1) is 77.1. The van der Waals surface area contributed by atoms with Gasteiger partial charge < -0.3 is 48.9 Å². The number of carbonyl (C=O) groups excluding carboxylic acids is 2. The van der Waals surface area contributed by atoms with E-state index in [-0.39, 0.29) is 55.3 Å². The molecule has 0 saturated carbocycles. The average molecular weight is 1500 g/mol. The molecule has 0 radical (unpaired) electrons. The molecule has 2 fully saturated rings. The summed E-state index contributed by atoms with van der Waals surface area (Å²) in [5.74, 6) is 0.522. The van der Waals surface area contributed by atoms with Gasteiger partial charge in [-0.3, -0.25) is 0 Å². The van der Waals surface area contributed by atoms with Gasteiger partial charge in [-0.15, -0.1) is 20.4 Å². The number of nitrogens with one attached hydrogen (secondary N) is 1. The number of rotatable bonds is 21. The number of nitrogens with zero attached hydrogens (tertiary/aromatic N) is 14. The minimum Gasteiger partial charge on any atom is -0.445 e. The summed E-state index contributed by atoms with van der Waals surface area (Å²) in [4.78, 5) is 55.2. The number of benzene rings is 2. The van der Waals surface area contributed by atoms with Gasteiger partial charge in [-0.25, -0.2) is 47.9 Å². The lowest BCUT2D eigenvalue weighted by atomic mass is 10.00. The fraction of sp³-hybridized carbons (Fsp3) is 0.437. The number of halogens is 3. The third-order valence-electron chi connectivity index (χ3n) is 17.3. The number of carbonyl (C=O) groups is 2. The van der Waals surface area contributed by atoms with Crippen molar-refractivity contribution in [2.45, 2.75) is 174 Å². The van der Waals surface area contributed by atoms with Crippen LogP contribution in [0.5, 0.6) is 0 Å². The number of aromatic nitrogens is 12. The Morgan fingerprint density at radius 1 is 0.621 bits per heavy atom. The van der Waals surface area contributed by atoms with E-state index in [1.54, 1.807) is 33.4 Å². The van der Waals surface area contributed by atoms with Gasteiger partial charge in [0.25, 0.3) is 0 Å². The quantitative estimate of drug-likeness (QED) is 0.0384. The van der Waals surface area contributed by atoms with Crippen molar-refractivity contribution in [2.24, 2.45) is 5.73 Å². The molecule has 24 nitrogen and oxygen atoms in total. The summed E-state index contributed by atoms with van der Waals surface area (Å²) in [6, 6.07) is 29.1. The number of piperidine rings is 2. The van der Waals surface area contributed by atoms with Crippen molar-refractivity contribution >= 4 is 88.9 Å². The molecular weight excluding hydrogens is 1410 g/mol. The van der Waals surface area contributed by atoms with Gasteiger partial charge >= 0.3 is 18.4 Å². The highest BCUT2D eigenvalue weighted by atomic mass is 32.2. The Labute approximate surface area is 608 Å². The highest BCUT2D eigenvalue weighted by Crippen LogP contribution is 2.41. The van der Waals surface area contributed by atoms with Crippen LogP contribution in [0, 0.1) is 20.8 Å². The number of alkyl halides is 3. The first-order chi connectivity index (χ1) is 48.8. The van der Waals surface area contributed by atoms with Gasteiger partial charge in [-0.1, -0.05) is 123 Å². The van der Waals surface area contributed by atoms with Crippen molar-refractivity contribution in [2.75, 3.05) is 37.9 Å². The fourth-order valence-electron chi connectivity index (χ4n) is 11.4. The Balaban J connectivity index is 0.000000183. The number of likely N-dealkylation sites (tertiary alicyclic amines) is 2. The van der Waals surface area contributed by atoms with E-state index in [4.69, 9.17) is 34.6 Å². The molecule has 3 N–H and O–H groups in total. The van der Waals surface area contributed by atoms with Crippen LogP contribution in [-0.2, 0) is 61.6 Å². The third kappa shape index (κ3) is 20.9. The van der Waals surface area contributed by atoms with Crippen LogP contribution >= 0.6 is 22.7 Å². The highest BCUT2D eigenvalue weighted by Gasteiger charge is 2.38. The number of nitrogens with two attached hydrogens (primary N) is 1. The molecule has 2 aliphatic rings. The van der Waals surface area contributed by atoms with E-state index in [0.29, 0.717) is 73.5 Å². The molecule has 0 bridgehead atoms. The molecule has 10 aromatic rings. The molecule has 0 unspecified atom stereocenters. The monoisotopic (exact) mass is 1500 g/mol. The number of hydrogen-bond acceptors (Lipinski definition) is 22. The zero-order valence-electron chi connectivity index (χ0n) is 60.1. The van der Waals surface area contributed by atoms with Gasteiger partial charge in [-0.05, 0) is 113 Å². The van der Waals surface area contributed by atoms with Crippen molar-refractivity contribution in [1.29, 1.82) is 0 Å². The maximum atomic E-state index is 13.9. The molecule has 548 valence electrons. The first-order valence-electron chi connectivity index (χ1n) is 34.1. The molecule has 2 aromatic carbocycles. The summed E-state index contributed by atoms with van der Waals surface area (Å²) >= 11 is 2.86. The predicted octanol–water partition coefficient (Wildman–Crippen LogP) is 14.7. The maximum absolute atomic E-state index is 13.9. The molecule has 2 aliphatic heterocycles. The fourth-order valence-corrected chi connectivity index (χ4v) is 14.8. The largest absolute Gasteiger partial charge is 0.445 e. The van der Waals surface area contributed by atoms with E-state index >= 15 is 0 Å². The lowest BCUT2D eigenvalue weighted by molar-refractivity contribution is -0.137. The molecule has 2 amide bonds. The second kappa shape index (κ2) is 33.5. The summed E-state index contributed by atoms with van der Waals surface area (Å²) in [6.45, 7) is 26.8. The topological polar surface area (TPSA) is 288 Å². The van der Waals surface area contributed by atoms with Gasteiger partial charge in [0.1, 0.15) is 64.9 Å². The average Bonchev–Trinajstić information content (AvgIpc) is 1.64. The number of hydrogen-bond donors (Lipinski definition) is 2. The van der Waals surface area contributed by atoms with Gasteiger partial charge in [0.05, 0.1) is 11.4 Å². The Bertz CT molecular complexity index is 4670. The van der Waals surface area contributed by atoms with Crippen LogP contribution in [0.1, 0.15) is 71.8 Å². The van der Waals surface area contributed by atoms with E-state index in [1.165, 1.54) is 28.9 Å². The molecule has 2 saturated heterocycles. The molecule has 12 rings (SSSR count). The standard InChI is InChI=1S/C35H44N8O3SSi.C22H25F3N6O3S2Si.C14H20N2O2/c1-23-18-36-34(37-27-13-12-24(2)43(19-27)35(44)46-21-26-10-8-7-9-11-26)39-31(23)29-20-42(22-45-16-17-48(4,5)6)32-28(29)14-15-30(38-32)33-41-40-25(3)47-33;1-13-29-30-20(35-13)17-7-6-14-15(11-31(19(14)27-17)12-34-8-9-37(3,4)5)18-16(22(23,24)25)10-26-21(28-18)36(2,32)33;1-11-7-8-13(15)9-16(11)14(17)18-10-12-5-3-2-4-6-12/h7-11,14-15,18,20,24,27H,12-13,16-17,19,21-22H2,1-6H3,(H,36,37,39);6-7,10-11H,8-9,12H2,1-5H3;2-6,11,13H,7-10,15H2,1H3/t24-,27-;;11-,13-/m1.1/s1. The summed E-state index contributed by atoms with van der Waals surface area (Å²) < 4.78 is 92.6.